The van der Waals surface area contributed by atoms with Crippen molar-refractivity contribution in [2.24, 2.45) is 5.92 Å². The van der Waals surface area contributed by atoms with Crippen LogP contribution < -0.4 is 0 Å². The standard InChI is InChI=1S/C18H28N4O3/c1-12(2)21-10-14-9-20(7-6-16(14)25-11-17(21)23)18(24)15-5-8-22(19-15)13(3)4/h5,8,12-14,16H,6-7,9-11H2,1-4H3/t14-,16+/m1/s1. The van der Waals surface area contributed by atoms with E-state index in [-0.39, 0.29) is 42.5 Å². The van der Waals surface area contributed by atoms with E-state index in [0.717, 1.165) is 6.42 Å². The topological polar surface area (TPSA) is 67.7 Å². The molecule has 1 aromatic heterocycles. The second kappa shape index (κ2) is 7.15. The first-order valence-electron chi connectivity index (χ1n) is 9.12. The van der Waals surface area contributed by atoms with Crippen LogP contribution in [0.1, 0.15) is 50.6 Å². The van der Waals surface area contributed by atoms with Gasteiger partial charge in [0.1, 0.15) is 12.3 Å². The number of nitrogens with zero attached hydrogens (tertiary/aromatic N) is 4. The minimum Gasteiger partial charge on any atom is -0.368 e. The van der Waals surface area contributed by atoms with Crippen LogP contribution in [0.15, 0.2) is 12.3 Å². The van der Waals surface area contributed by atoms with Crippen LogP contribution in [0.4, 0.5) is 0 Å². The van der Waals surface area contributed by atoms with Crippen LogP contribution in [-0.4, -0.2) is 69.8 Å². The summed E-state index contributed by atoms with van der Waals surface area (Å²) < 4.78 is 7.62. The molecule has 7 heteroatoms. The molecule has 0 aromatic carbocycles. The number of ether oxygens (including phenoxy) is 1. The van der Waals surface area contributed by atoms with Crippen molar-refractivity contribution in [1.29, 1.82) is 0 Å². The maximum atomic E-state index is 12.8. The van der Waals surface area contributed by atoms with Gasteiger partial charge < -0.3 is 14.5 Å². The zero-order valence-electron chi connectivity index (χ0n) is 15.5. The summed E-state index contributed by atoms with van der Waals surface area (Å²) in [7, 11) is 0. The average molecular weight is 348 g/mol. The molecule has 0 N–H and O–H groups in total. The third-order valence-corrected chi connectivity index (χ3v) is 5.10. The van der Waals surface area contributed by atoms with Gasteiger partial charge in [-0.3, -0.25) is 14.3 Å². The van der Waals surface area contributed by atoms with Gasteiger partial charge in [-0.15, -0.1) is 0 Å². The van der Waals surface area contributed by atoms with Gasteiger partial charge in [0.25, 0.3) is 5.91 Å². The van der Waals surface area contributed by atoms with E-state index in [0.29, 0.717) is 25.3 Å². The Balaban J connectivity index is 1.71. The van der Waals surface area contributed by atoms with E-state index >= 15 is 0 Å². The van der Waals surface area contributed by atoms with E-state index in [9.17, 15) is 9.59 Å². The van der Waals surface area contributed by atoms with E-state index in [1.165, 1.54) is 0 Å². The van der Waals surface area contributed by atoms with Gasteiger partial charge in [0, 0.05) is 43.8 Å². The summed E-state index contributed by atoms with van der Waals surface area (Å²) in [6.07, 6.45) is 2.66. The highest BCUT2D eigenvalue weighted by Crippen LogP contribution is 2.26. The lowest BCUT2D eigenvalue weighted by atomic mass is 9.93. The van der Waals surface area contributed by atoms with E-state index in [1.54, 1.807) is 10.7 Å². The number of carbonyl (C=O) groups excluding carboxylic acids is 2. The molecule has 2 atom stereocenters. The number of hydrogen-bond acceptors (Lipinski definition) is 4. The van der Waals surface area contributed by atoms with E-state index in [4.69, 9.17) is 4.74 Å². The first-order valence-corrected chi connectivity index (χ1v) is 9.12. The molecule has 0 spiro atoms. The Morgan fingerprint density at radius 1 is 1.24 bits per heavy atom. The van der Waals surface area contributed by atoms with Gasteiger partial charge in [0.2, 0.25) is 5.91 Å². The van der Waals surface area contributed by atoms with Crippen LogP contribution in [0.2, 0.25) is 0 Å². The van der Waals surface area contributed by atoms with Crippen molar-refractivity contribution < 1.29 is 14.3 Å². The second-order valence-electron chi connectivity index (χ2n) is 7.56. The van der Waals surface area contributed by atoms with Crippen LogP contribution in [0.5, 0.6) is 0 Å². The molecule has 1 aromatic rings. The molecule has 2 fully saturated rings. The summed E-state index contributed by atoms with van der Waals surface area (Å²) in [6.45, 7) is 10.1. The molecule has 0 bridgehead atoms. The molecule has 2 aliphatic rings. The van der Waals surface area contributed by atoms with E-state index < -0.39 is 0 Å². The van der Waals surface area contributed by atoms with Gasteiger partial charge in [-0.05, 0) is 40.2 Å². The average Bonchev–Trinajstić information content (AvgIpc) is 3.01. The predicted octanol–water partition coefficient (Wildman–Crippen LogP) is 1.56. The van der Waals surface area contributed by atoms with Gasteiger partial charge >= 0.3 is 0 Å². The minimum absolute atomic E-state index is 0.0375. The Labute approximate surface area is 148 Å². The first kappa shape index (κ1) is 17.9. The number of rotatable bonds is 3. The zero-order valence-corrected chi connectivity index (χ0v) is 15.5. The van der Waals surface area contributed by atoms with Crippen molar-refractivity contribution in [3.63, 3.8) is 0 Å². The molecule has 0 aliphatic carbocycles. The Kier molecular flexibility index (Phi) is 5.13. The zero-order chi connectivity index (χ0) is 18.1. The highest BCUT2D eigenvalue weighted by molar-refractivity contribution is 5.92. The molecule has 3 rings (SSSR count). The molecule has 0 unspecified atom stereocenters. The van der Waals surface area contributed by atoms with Crippen molar-refractivity contribution in [1.82, 2.24) is 19.6 Å². The lowest BCUT2D eigenvalue weighted by molar-refractivity contribution is -0.136. The van der Waals surface area contributed by atoms with E-state index in [1.807, 2.05) is 43.7 Å². The van der Waals surface area contributed by atoms with Gasteiger partial charge in [-0.1, -0.05) is 0 Å². The molecular weight excluding hydrogens is 320 g/mol. The first-order chi connectivity index (χ1) is 11.9. The Bertz CT molecular complexity index is 640. The summed E-state index contributed by atoms with van der Waals surface area (Å²) in [4.78, 5) is 28.7. The smallest absolute Gasteiger partial charge is 0.274 e. The molecule has 7 nitrogen and oxygen atoms in total. The van der Waals surface area contributed by atoms with Crippen LogP contribution in [0.3, 0.4) is 0 Å². The van der Waals surface area contributed by atoms with Crippen LogP contribution in [-0.2, 0) is 9.53 Å². The van der Waals surface area contributed by atoms with Crippen molar-refractivity contribution in [3.8, 4) is 0 Å². The van der Waals surface area contributed by atoms with E-state index in [2.05, 4.69) is 5.10 Å². The summed E-state index contributed by atoms with van der Waals surface area (Å²) in [5.74, 6) is 0.154. The van der Waals surface area contributed by atoms with Crippen LogP contribution in [0.25, 0.3) is 0 Å². The fraction of sp³-hybridized carbons (Fsp3) is 0.722. The summed E-state index contributed by atoms with van der Waals surface area (Å²) in [5.41, 5.74) is 0.485. The molecule has 25 heavy (non-hydrogen) atoms. The lowest BCUT2D eigenvalue weighted by Crippen LogP contribution is -2.50. The van der Waals surface area contributed by atoms with Crippen LogP contribution >= 0.6 is 0 Å². The van der Waals surface area contributed by atoms with Gasteiger partial charge in [0.15, 0.2) is 0 Å². The van der Waals surface area contributed by atoms with Crippen molar-refractivity contribution in [2.75, 3.05) is 26.2 Å². The number of hydrogen-bond donors (Lipinski definition) is 0. The Hall–Kier alpha value is -1.89. The molecule has 0 saturated carbocycles. The molecule has 0 radical (unpaired) electrons. The SMILES string of the molecule is CC(C)N1C[C@H]2CN(C(=O)c3ccn(C(C)C)n3)CC[C@@H]2OCC1=O. The predicted molar refractivity (Wildman–Crippen MR) is 93.2 cm³/mol. The second-order valence-corrected chi connectivity index (χ2v) is 7.56. The third-order valence-electron chi connectivity index (χ3n) is 5.10. The number of aromatic nitrogens is 2. The summed E-state index contributed by atoms with van der Waals surface area (Å²) in [5, 5.41) is 4.39. The number of amides is 2. The largest absolute Gasteiger partial charge is 0.368 e. The van der Waals surface area contributed by atoms with Gasteiger partial charge in [-0.25, -0.2) is 0 Å². The highest BCUT2D eigenvalue weighted by atomic mass is 16.5. The van der Waals surface area contributed by atoms with Crippen molar-refractivity contribution >= 4 is 11.8 Å². The number of piperidine rings is 1. The lowest BCUT2D eigenvalue weighted by Gasteiger charge is -2.38. The quantitative estimate of drug-likeness (QED) is 0.831. The fourth-order valence-corrected chi connectivity index (χ4v) is 3.61. The number of likely N-dealkylation sites (tertiary alicyclic amines) is 1. The number of fused-ring (bicyclic) bond motifs is 1. The molecule has 3 heterocycles. The van der Waals surface area contributed by atoms with Gasteiger partial charge in [-0.2, -0.15) is 5.10 Å². The maximum absolute atomic E-state index is 12.8. The van der Waals surface area contributed by atoms with Crippen molar-refractivity contribution in [3.05, 3.63) is 18.0 Å². The molecular formula is C18H28N4O3. The highest BCUT2D eigenvalue weighted by Gasteiger charge is 2.38. The Morgan fingerprint density at radius 2 is 2.00 bits per heavy atom. The molecule has 2 saturated heterocycles. The Morgan fingerprint density at radius 3 is 2.64 bits per heavy atom. The third kappa shape index (κ3) is 3.71. The number of carbonyl (C=O) groups is 2. The summed E-state index contributed by atoms with van der Waals surface area (Å²) in [6, 6.07) is 2.15. The molecule has 2 aliphatic heterocycles. The van der Waals surface area contributed by atoms with Crippen LogP contribution in [0, 0.1) is 5.92 Å². The van der Waals surface area contributed by atoms with Gasteiger partial charge in [0.05, 0.1) is 6.10 Å². The molecule has 2 amide bonds. The molecule has 138 valence electrons. The van der Waals surface area contributed by atoms with Crippen molar-refractivity contribution in [2.45, 2.75) is 52.3 Å². The maximum Gasteiger partial charge on any atom is 0.274 e. The normalized spacial score (nSPS) is 24.6. The monoisotopic (exact) mass is 348 g/mol. The minimum atomic E-state index is -0.0375. The summed E-state index contributed by atoms with van der Waals surface area (Å²) >= 11 is 0. The fourth-order valence-electron chi connectivity index (χ4n) is 3.61.